The standard InChI is InChI=1S/C14H20N6O2/c21-13(10-20-11-15-16-17-20)18-6-8-19(9-7-18)14(22)12-4-2-1-3-5-12/h1-2,11-12H,3-10H2. The second-order valence-corrected chi connectivity index (χ2v) is 5.69. The van der Waals surface area contributed by atoms with Gasteiger partial charge >= 0.3 is 0 Å². The molecule has 1 aliphatic carbocycles. The number of carbonyl (C=O) groups excluding carboxylic acids is 2. The van der Waals surface area contributed by atoms with Crippen molar-refractivity contribution in [3.8, 4) is 0 Å². The zero-order valence-corrected chi connectivity index (χ0v) is 12.5. The van der Waals surface area contributed by atoms with Crippen LogP contribution in [0.15, 0.2) is 18.5 Å². The van der Waals surface area contributed by atoms with Crippen LogP contribution in [0.1, 0.15) is 19.3 Å². The fraction of sp³-hybridized carbons (Fsp3) is 0.643. The average Bonchev–Trinajstić information content (AvgIpc) is 3.08. The van der Waals surface area contributed by atoms with E-state index < -0.39 is 0 Å². The number of rotatable bonds is 3. The van der Waals surface area contributed by atoms with Crippen LogP contribution in [-0.2, 0) is 16.1 Å². The highest BCUT2D eigenvalue weighted by atomic mass is 16.2. The molecule has 8 heteroatoms. The van der Waals surface area contributed by atoms with Crippen LogP contribution < -0.4 is 0 Å². The fourth-order valence-corrected chi connectivity index (χ4v) is 2.94. The summed E-state index contributed by atoms with van der Waals surface area (Å²) in [5.74, 6) is 0.338. The Balaban J connectivity index is 1.48. The molecule has 2 aliphatic rings. The number of allylic oxidation sites excluding steroid dienone is 2. The smallest absolute Gasteiger partial charge is 0.244 e. The molecule has 0 bridgehead atoms. The quantitative estimate of drug-likeness (QED) is 0.716. The Labute approximate surface area is 128 Å². The molecule has 1 atom stereocenters. The van der Waals surface area contributed by atoms with E-state index in [0.29, 0.717) is 26.2 Å². The van der Waals surface area contributed by atoms with Gasteiger partial charge in [0.25, 0.3) is 0 Å². The monoisotopic (exact) mass is 304 g/mol. The summed E-state index contributed by atoms with van der Waals surface area (Å²) >= 11 is 0. The molecule has 118 valence electrons. The van der Waals surface area contributed by atoms with Crippen molar-refractivity contribution in [2.24, 2.45) is 5.92 Å². The van der Waals surface area contributed by atoms with Crippen LogP contribution in [0.4, 0.5) is 0 Å². The third kappa shape index (κ3) is 3.32. The lowest BCUT2D eigenvalue weighted by Gasteiger charge is -2.36. The summed E-state index contributed by atoms with van der Waals surface area (Å²) in [6.07, 6.45) is 8.43. The first-order valence-electron chi connectivity index (χ1n) is 7.66. The molecule has 0 aromatic carbocycles. The maximum Gasteiger partial charge on any atom is 0.244 e. The van der Waals surface area contributed by atoms with Gasteiger partial charge in [0.15, 0.2) is 0 Å². The molecule has 8 nitrogen and oxygen atoms in total. The predicted molar refractivity (Wildman–Crippen MR) is 77.5 cm³/mol. The summed E-state index contributed by atoms with van der Waals surface area (Å²) in [5, 5.41) is 10.7. The first-order valence-corrected chi connectivity index (χ1v) is 7.66. The number of aromatic nitrogens is 4. The molecule has 1 aromatic heterocycles. The van der Waals surface area contributed by atoms with E-state index in [4.69, 9.17) is 0 Å². The molecule has 0 spiro atoms. The van der Waals surface area contributed by atoms with Crippen LogP contribution in [0, 0.1) is 5.92 Å². The van der Waals surface area contributed by atoms with Crippen molar-refractivity contribution in [3.05, 3.63) is 18.5 Å². The number of hydrogen-bond acceptors (Lipinski definition) is 5. The van der Waals surface area contributed by atoms with Gasteiger partial charge < -0.3 is 9.80 Å². The SMILES string of the molecule is O=C(Cn1cnnn1)N1CCN(C(=O)C2CC=CCC2)CC1. The van der Waals surface area contributed by atoms with E-state index in [1.54, 1.807) is 4.90 Å². The van der Waals surface area contributed by atoms with Crippen molar-refractivity contribution in [2.75, 3.05) is 26.2 Å². The van der Waals surface area contributed by atoms with Crippen molar-refractivity contribution in [1.82, 2.24) is 30.0 Å². The van der Waals surface area contributed by atoms with Crippen LogP contribution in [0.3, 0.4) is 0 Å². The van der Waals surface area contributed by atoms with E-state index in [0.717, 1.165) is 19.3 Å². The molecule has 0 radical (unpaired) electrons. The number of tetrazole rings is 1. The molecule has 1 fully saturated rings. The molecule has 1 unspecified atom stereocenters. The van der Waals surface area contributed by atoms with E-state index >= 15 is 0 Å². The second kappa shape index (κ2) is 6.67. The van der Waals surface area contributed by atoms with Gasteiger partial charge in [0, 0.05) is 32.1 Å². The lowest BCUT2D eigenvalue weighted by molar-refractivity contribution is -0.142. The molecule has 22 heavy (non-hydrogen) atoms. The Morgan fingerprint density at radius 3 is 2.50 bits per heavy atom. The predicted octanol–water partition coefficient (Wildman–Crippen LogP) is -0.300. The molecule has 1 saturated heterocycles. The number of piperazine rings is 1. The second-order valence-electron chi connectivity index (χ2n) is 5.69. The number of amides is 2. The first-order chi connectivity index (χ1) is 10.7. The van der Waals surface area contributed by atoms with Gasteiger partial charge in [0.2, 0.25) is 11.8 Å². The van der Waals surface area contributed by atoms with Crippen molar-refractivity contribution in [3.63, 3.8) is 0 Å². The number of nitrogens with zero attached hydrogens (tertiary/aromatic N) is 6. The van der Waals surface area contributed by atoms with Gasteiger partial charge in [-0.15, -0.1) is 5.10 Å². The Morgan fingerprint density at radius 1 is 1.09 bits per heavy atom. The minimum atomic E-state index is -0.0139. The van der Waals surface area contributed by atoms with Gasteiger partial charge in [-0.1, -0.05) is 12.2 Å². The highest BCUT2D eigenvalue weighted by Gasteiger charge is 2.28. The summed E-state index contributed by atoms with van der Waals surface area (Å²) < 4.78 is 1.41. The third-order valence-corrected chi connectivity index (χ3v) is 4.25. The van der Waals surface area contributed by atoms with Gasteiger partial charge in [0.1, 0.15) is 12.9 Å². The number of hydrogen-bond donors (Lipinski definition) is 0. The highest BCUT2D eigenvalue weighted by molar-refractivity contribution is 5.80. The van der Waals surface area contributed by atoms with Crippen molar-refractivity contribution in [2.45, 2.75) is 25.8 Å². The molecule has 2 amide bonds. The van der Waals surface area contributed by atoms with Crippen molar-refractivity contribution >= 4 is 11.8 Å². The van der Waals surface area contributed by atoms with Crippen LogP contribution in [0.2, 0.25) is 0 Å². The van der Waals surface area contributed by atoms with E-state index in [-0.39, 0.29) is 24.3 Å². The van der Waals surface area contributed by atoms with Crippen LogP contribution in [0.5, 0.6) is 0 Å². The maximum atomic E-state index is 12.4. The van der Waals surface area contributed by atoms with Gasteiger partial charge in [-0.3, -0.25) is 9.59 Å². The molecule has 0 saturated carbocycles. The van der Waals surface area contributed by atoms with Crippen molar-refractivity contribution in [1.29, 1.82) is 0 Å². The maximum absolute atomic E-state index is 12.4. The Hall–Kier alpha value is -2.25. The molecule has 0 N–H and O–H groups in total. The molecular weight excluding hydrogens is 284 g/mol. The third-order valence-electron chi connectivity index (χ3n) is 4.25. The summed E-state index contributed by atoms with van der Waals surface area (Å²) in [4.78, 5) is 28.2. The van der Waals surface area contributed by atoms with Crippen molar-refractivity contribution < 1.29 is 9.59 Å². The lowest BCUT2D eigenvalue weighted by atomic mass is 9.93. The molecule has 1 aromatic rings. The summed E-state index contributed by atoms with van der Waals surface area (Å²) in [6, 6.07) is 0. The normalized spacial score (nSPS) is 21.9. The molecule has 1 aliphatic heterocycles. The van der Waals surface area contributed by atoms with Gasteiger partial charge in [0.05, 0.1) is 0 Å². The molecular formula is C14H20N6O2. The first kappa shape index (κ1) is 14.7. The van der Waals surface area contributed by atoms with E-state index in [9.17, 15) is 9.59 Å². The number of carbonyl (C=O) groups is 2. The molecule has 2 heterocycles. The minimum absolute atomic E-state index is 0.0139. The van der Waals surface area contributed by atoms with Crippen LogP contribution >= 0.6 is 0 Å². The van der Waals surface area contributed by atoms with Gasteiger partial charge in [-0.2, -0.15) is 0 Å². The van der Waals surface area contributed by atoms with E-state index in [2.05, 4.69) is 27.7 Å². The zero-order valence-electron chi connectivity index (χ0n) is 12.5. The topological polar surface area (TPSA) is 84.2 Å². The Bertz CT molecular complexity index is 548. The van der Waals surface area contributed by atoms with Gasteiger partial charge in [-0.25, -0.2) is 4.68 Å². The average molecular weight is 304 g/mol. The highest BCUT2D eigenvalue weighted by Crippen LogP contribution is 2.21. The zero-order chi connectivity index (χ0) is 15.4. The van der Waals surface area contributed by atoms with Crippen LogP contribution in [-0.4, -0.2) is 68.0 Å². The van der Waals surface area contributed by atoms with E-state index in [1.807, 2.05) is 4.90 Å². The summed E-state index contributed by atoms with van der Waals surface area (Å²) in [7, 11) is 0. The Kier molecular flexibility index (Phi) is 4.45. The summed E-state index contributed by atoms with van der Waals surface area (Å²) in [5.41, 5.74) is 0. The lowest BCUT2D eigenvalue weighted by Crippen LogP contribution is -2.52. The van der Waals surface area contributed by atoms with E-state index in [1.165, 1.54) is 11.0 Å². The molecule has 3 rings (SSSR count). The largest absolute Gasteiger partial charge is 0.339 e. The fourth-order valence-electron chi connectivity index (χ4n) is 2.94. The Morgan fingerprint density at radius 2 is 1.86 bits per heavy atom. The summed E-state index contributed by atoms with van der Waals surface area (Å²) in [6.45, 7) is 2.53. The van der Waals surface area contributed by atoms with Crippen LogP contribution in [0.25, 0.3) is 0 Å². The minimum Gasteiger partial charge on any atom is -0.339 e. The van der Waals surface area contributed by atoms with Gasteiger partial charge in [-0.05, 0) is 29.7 Å².